The minimum Gasteiger partial charge on any atom is -0.468 e. The number of allylic oxidation sites excluding steroid dienone is 4. The molecule has 38 heavy (non-hydrogen) atoms. The van der Waals surface area contributed by atoms with Gasteiger partial charge in [-0.1, -0.05) is 19.9 Å². The number of aliphatic hydroxyl groups is 1. The van der Waals surface area contributed by atoms with Crippen LogP contribution in [0.15, 0.2) is 23.8 Å². The number of cyclic esters (lactones) is 1. The van der Waals surface area contributed by atoms with Crippen LogP contribution in [0.25, 0.3) is 0 Å². The van der Waals surface area contributed by atoms with Gasteiger partial charge in [-0.25, -0.2) is 13.6 Å². The van der Waals surface area contributed by atoms with E-state index in [0.29, 0.717) is 6.42 Å². The number of hydrogen-bond donors (Lipinski definition) is 1. The summed E-state index contributed by atoms with van der Waals surface area (Å²) in [5.74, 6) is -3.06. The van der Waals surface area contributed by atoms with Crippen molar-refractivity contribution < 1.29 is 42.5 Å². The van der Waals surface area contributed by atoms with Crippen LogP contribution in [0.3, 0.4) is 0 Å². The van der Waals surface area contributed by atoms with Gasteiger partial charge in [-0.15, -0.1) is 0 Å². The normalized spacial score (nSPS) is 47.4. The average molecular weight is 553 g/mol. The van der Waals surface area contributed by atoms with Crippen molar-refractivity contribution in [2.45, 2.75) is 95.4 Å². The van der Waals surface area contributed by atoms with Crippen molar-refractivity contribution >= 4 is 35.0 Å². The molecule has 1 heterocycles. The molecule has 0 radical (unpaired) electrons. The van der Waals surface area contributed by atoms with E-state index in [4.69, 9.17) is 26.4 Å². The molecule has 4 aliphatic carbocycles. The molecular weight excluding hydrogens is 518 g/mol. The number of alkyl halides is 2. The zero-order valence-corrected chi connectivity index (χ0v) is 22.9. The third-order valence-electron chi connectivity index (χ3n) is 10.1. The number of carbonyl (C=O) groups excluding carboxylic acids is 3. The van der Waals surface area contributed by atoms with E-state index in [0.717, 1.165) is 6.08 Å². The molecule has 5 aliphatic rings. The Hall–Kier alpha value is -2.20. The number of halogens is 2. The molecule has 1 N–H and O–H groups in total. The van der Waals surface area contributed by atoms with E-state index in [1.807, 2.05) is 0 Å². The van der Waals surface area contributed by atoms with Gasteiger partial charge in [0, 0.05) is 29.6 Å². The number of aliphatic hydroxyl groups excluding tert-OH is 1. The monoisotopic (exact) mass is 552 g/mol. The lowest BCUT2D eigenvalue weighted by atomic mass is 9.43. The number of carbonyl (C=O) groups is 3. The molecule has 208 valence electrons. The van der Waals surface area contributed by atoms with Gasteiger partial charge in [-0.3, -0.25) is 9.59 Å². The van der Waals surface area contributed by atoms with Gasteiger partial charge in [0.05, 0.1) is 12.7 Å². The lowest BCUT2D eigenvalue weighted by molar-refractivity contribution is -0.226. The molecule has 9 atom stereocenters. The summed E-state index contributed by atoms with van der Waals surface area (Å²) in [4.78, 5) is 37.0. The Morgan fingerprint density at radius 2 is 1.89 bits per heavy atom. The van der Waals surface area contributed by atoms with E-state index >= 15 is 8.78 Å². The number of esters is 2. The molecule has 0 amide bonds. The standard InChI is InChI=1S/C28H34F2O7S/c1-5-21(33)37-27(23(38)36-18-8-11-35-22(18)34)10-7-16-17-13-26(4,29)19-12-15(31)6-9-24(19,2)28(17,30)20(32)14-25(16,27)3/h6,9,12,16-18,20,32H,5,7-8,10-11,13-14H2,1-4H3/t16-,17-,18-,20?,24-,25-,26?,27?,28+/m0/s1. The highest BCUT2D eigenvalue weighted by Gasteiger charge is 2.77. The van der Waals surface area contributed by atoms with Crippen molar-refractivity contribution in [1.29, 1.82) is 0 Å². The van der Waals surface area contributed by atoms with E-state index in [1.54, 1.807) is 13.8 Å². The molecule has 0 spiro atoms. The predicted octanol–water partition coefficient (Wildman–Crippen LogP) is 4.05. The van der Waals surface area contributed by atoms with Crippen LogP contribution >= 0.6 is 12.2 Å². The Morgan fingerprint density at radius 3 is 2.53 bits per heavy atom. The Kier molecular flexibility index (Phi) is 6.23. The SMILES string of the molecule is CCC(=O)OC1(C(=S)O[C@H]2CCOC2=O)CC[C@H]2[C@@H]3CC(C)(F)C4=CC(=O)C=C[C@]4(C)[C@]3(F)C(O)C[C@@]21C. The summed E-state index contributed by atoms with van der Waals surface area (Å²) in [6, 6.07) is 0. The van der Waals surface area contributed by atoms with E-state index in [9.17, 15) is 19.5 Å². The van der Waals surface area contributed by atoms with Gasteiger partial charge in [-0.05, 0) is 75.4 Å². The fourth-order valence-corrected chi connectivity index (χ4v) is 8.68. The number of ketones is 1. The van der Waals surface area contributed by atoms with Crippen LogP contribution in [0.5, 0.6) is 0 Å². The summed E-state index contributed by atoms with van der Waals surface area (Å²) in [5, 5.41) is 11.5. The Bertz CT molecular complexity index is 1170. The van der Waals surface area contributed by atoms with Crippen LogP contribution in [0.1, 0.15) is 66.2 Å². The van der Waals surface area contributed by atoms with E-state index in [-0.39, 0.29) is 49.3 Å². The van der Waals surface area contributed by atoms with Crippen molar-refractivity contribution in [2.24, 2.45) is 22.7 Å². The summed E-state index contributed by atoms with van der Waals surface area (Å²) >= 11 is 5.69. The molecule has 10 heteroatoms. The molecule has 0 aromatic heterocycles. The van der Waals surface area contributed by atoms with Crippen LogP contribution in [-0.4, -0.2) is 63.6 Å². The fourth-order valence-electron chi connectivity index (χ4n) is 8.18. The predicted molar refractivity (Wildman–Crippen MR) is 135 cm³/mol. The Balaban J connectivity index is 1.60. The van der Waals surface area contributed by atoms with Gasteiger partial charge in [-0.2, -0.15) is 0 Å². The van der Waals surface area contributed by atoms with E-state index in [1.165, 1.54) is 26.0 Å². The molecule has 5 rings (SSSR count). The third kappa shape index (κ3) is 3.44. The molecule has 1 aliphatic heterocycles. The van der Waals surface area contributed by atoms with Gasteiger partial charge < -0.3 is 19.3 Å². The van der Waals surface area contributed by atoms with Gasteiger partial charge in [0.15, 0.2) is 23.2 Å². The first kappa shape index (κ1) is 27.4. The van der Waals surface area contributed by atoms with E-state index in [2.05, 4.69) is 0 Å². The highest BCUT2D eigenvalue weighted by atomic mass is 32.1. The van der Waals surface area contributed by atoms with Gasteiger partial charge in [0.25, 0.3) is 0 Å². The fraction of sp³-hybridized carbons (Fsp3) is 0.714. The maximum Gasteiger partial charge on any atom is 0.347 e. The van der Waals surface area contributed by atoms with Crippen molar-refractivity contribution in [3.8, 4) is 0 Å². The summed E-state index contributed by atoms with van der Waals surface area (Å²) < 4.78 is 50.8. The maximum absolute atomic E-state index is 17.5. The van der Waals surface area contributed by atoms with Gasteiger partial charge >= 0.3 is 11.9 Å². The molecule has 0 aromatic carbocycles. The topological polar surface area (TPSA) is 99.1 Å². The third-order valence-corrected chi connectivity index (χ3v) is 10.5. The van der Waals surface area contributed by atoms with Crippen LogP contribution in [-0.2, 0) is 28.6 Å². The van der Waals surface area contributed by atoms with Gasteiger partial charge in [0.2, 0.25) is 5.05 Å². The summed E-state index contributed by atoms with van der Waals surface area (Å²) in [6.45, 7) is 6.48. The van der Waals surface area contributed by atoms with Crippen LogP contribution in [0, 0.1) is 22.7 Å². The molecular formula is C28H34F2O7S. The van der Waals surface area contributed by atoms with Crippen molar-refractivity contribution in [3.63, 3.8) is 0 Å². The van der Waals surface area contributed by atoms with Crippen molar-refractivity contribution in [1.82, 2.24) is 0 Å². The smallest absolute Gasteiger partial charge is 0.347 e. The van der Waals surface area contributed by atoms with Crippen molar-refractivity contribution in [3.05, 3.63) is 23.8 Å². The number of hydrogen-bond acceptors (Lipinski definition) is 8. The quantitative estimate of drug-likeness (QED) is 0.412. The Morgan fingerprint density at radius 1 is 1.18 bits per heavy atom. The highest BCUT2D eigenvalue weighted by molar-refractivity contribution is 7.80. The maximum atomic E-state index is 17.5. The first-order chi connectivity index (χ1) is 17.7. The molecule has 0 aromatic rings. The second-order valence-corrected chi connectivity index (χ2v) is 12.4. The largest absolute Gasteiger partial charge is 0.468 e. The highest BCUT2D eigenvalue weighted by Crippen LogP contribution is 2.72. The second kappa shape index (κ2) is 8.65. The van der Waals surface area contributed by atoms with Crippen molar-refractivity contribution in [2.75, 3.05) is 6.61 Å². The zero-order valence-electron chi connectivity index (χ0n) is 22.1. The molecule has 3 unspecified atom stereocenters. The van der Waals surface area contributed by atoms with Crippen LogP contribution in [0.4, 0.5) is 8.78 Å². The average Bonchev–Trinajstić information content (AvgIpc) is 3.38. The molecule has 4 fully saturated rings. The molecule has 0 bridgehead atoms. The van der Waals surface area contributed by atoms with Crippen LogP contribution < -0.4 is 0 Å². The first-order valence-corrected chi connectivity index (χ1v) is 13.7. The number of ether oxygens (including phenoxy) is 3. The molecule has 7 nitrogen and oxygen atoms in total. The minimum atomic E-state index is -2.28. The second-order valence-electron chi connectivity index (χ2n) is 12.1. The zero-order chi connectivity index (χ0) is 27.9. The molecule has 1 saturated heterocycles. The lowest BCUT2D eigenvalue weighted by Crippen LogP contribution is -2.71. The minimum absolute atomic E-state index is 0.0270. The number of fused-ring (bicyclic) bond motifs is 5. The molecule has 3 saturated carbocycles. The summed E-state index contributed by atoms with van der Waals surface area (Å²) in [6.07, 6.45) is 1.68. The van der Waals surface area contributed by atoms with Crippen LogP contribution in [0.2, 0.25) is 0 Å². The summed E-state index contributed by atoms with van der Waals surface area (Å²) in [5.41, 5.74) is -8.46. The van der Waals surface area contributed by atoms with Gasteiger partial charge in [0.1, 0.15) is 5.67 Å². The lowest BCUT2D eigenvalue weighted by Gasteiger charge is -2.64. The summed E-state index contributed by atoms with van der Waals surface area (Å²) in [7, 11) is 0. The van der Waals surface area contributed by atoms with E-state index < -0.39 is 69.5 Å². The number of rotatable bonds is 4. The first-order valence-electron chi connectivity index (χ1n) is 13.3. The Labute approximate surface area is 225 Å². The number of thiocarbonyl (C=S) groups is 1.